The lowest BCUT2D eigenvalue weighted by Gasteiger charge is -2.31. The number of rotatable bonds is 3. The molecule has 2 aliphatic rings. The molecule has 2 N–H and O–H groups in total. The standard InChI is InChI=1S/C12H24N2O/c1-2-12-7-10(4-6-15-12)8-14-5-3-11(13)9-14/h10-12H,2-9,13H2,1H3/t10?,11-,12?/m1/s1. The normalized spacial score (nSPS) is 38.4. The van der Waals surface area contributed by atoms with Gasteiger partial charge in [-0.2, -0.15) is 0 Å². The summed E-state index contributed by atoms with van der Waals surface area (Å²) in [4.78, 5) is 2.54. The lowest BCUT2D eigenvalue weighted by Crippen LogP contribution is -2.35. The molecule has 0 aromatic carbocycles. The van der Waals surface area contributed by atoms with Crippen LogP contribution in [0.3, 0.4) is 0 Å². The van der Waals surface area contributed by atoms with Crippen LogP contribution in [0.4, 0.5) is 0 Å². The number of hydrogen-bond donors (Lipinski definition) is 1. The second-order valence-corrected chi connectivity index (χ2v) is 5.10. The highest BCUT2D eigenvalue weighted by molar-refractivity contribution is 4.81. The molecule has 0 aromatic rings. The van der Waals surface area contributed by atoms with Crippen LogP contribution in [0.2, 0.25) is 0 Å². The number of nitrogens with zero attached hydrogens (tertiary/aromatic N) is 1. The van der Waals surface area contributed by atoms with Crippen LogP contribution < -0.4 is 5.73 Å². The lowest BCUT2D eigenvalue weighted by atomic mass is 9.94. The zero-order chi connectivity index (χ0) is 10.7. The van der Waals surface area contributed by atoms with Crippen molar-refractivity contribution in [1.29, 1.82) is 0 Å². The van der Waals surface area contributed by atoms with E-state index < -0.39 is 0 Å². The highest BCUT2D eigenvalue weighted by Crippen LogP contribution is 2.24. The summed E-state index contributed by atoms with van der Waals surface area (Å²) in [6.45, 7) is 6.74. The molecule has 3 heteroatoms. The Bertz CT molecular complexity index is 198. The third kappa shape index (κ3) is 3.16. The second-order valence-electron chi connectivity index (χ2n) is 5.10. The summed E-state index contributed by atoms with van der Waals surface area (Å²) in [5.74, 6) is 0.842. The van der Waals surface area contributed by atoms with Crippen molar-refractivity contribution in [3.8, 4) is 0 Å². The first-order valence-corrected chi connectivity index (χ1v) is 6.37. The topological polar surface area (TPSA) is 38.5 Å². The van der Waals surface area contributed by atoms with Gasteiger partial charge in [0.05, 0.1) is 6.10 Å². The van der Waals surface area contributed by atoms with E-state index in [0.29, 0.717) is 12.1 Å². The fourth-order valence-electron chi connectivity index (χ4n) is 2.80. The van der Waals surface area contributed by atoms with Crippen molar-refractivity contribution in [2.24, 2.45) is 11.7 Å². The molecule has 2 rings (SSSR count). The van der Waals surface area contributed by atoms with Crippen molar-refractivity contribution in [2.75, 3.05) is 26.2 Å². The highest BCUT2D eigenvalue weighted by atomic mass is 16.5. The van der Waals surface area contributed by atoms with Gasteiger partial charge in [-0.05, 0) is 38.1 Å². The first-order chi connectivity index (χ1) is 7.28. The summed E-state index contributed by atoms with van der Waals surface area (Å²) in [5.41, 5.74) is 5.92. The molecule has 0 saturated carbocycles. The molecule has 0 spiro atoms. The first kappa shape index (κ1) is 11.4. The maximum absolute atomic E-state index is 5.92. The average molecular weight is 212 g/mol. The maximum atomic E-state index is 5.92. The molecule has 0 bridgehead atoms. The highest BCUT2D eigenvalue weighted by Gasteiger charge is 2.26. The average Bonchev–Trinajstić information content (AvgIpc) is 2.64. The van der Waals surface area contributed by atoms with E-state index in [1.54, 1.807) is 0 Å². The fourth-order valence-corrected chi connectivity index (χ4v) is 2.80. The van der Waals surface area contributed by atoms with Crippen LogP contribution in [0.1, 0.15) is 32.6 Å². The quantitative estimate of drug-likeness (QED) is 0.764. The Morgan fingerprint density at radius 3 is 2.93 bits per heavy atom. The third-order valence-electron chi connectivity index (χ3n) is 3.76. The molecule has 0 aromatic heterocycles. The Kier molecular flexibility index (Phi) is 4.00. The Morgan fingerprint density at radius 1 is 1.40 bits per heavy atom. The van der Waals surface area contributed by atoms with Crippen LogP contribution in [0.5, 0.6) is 0 Å². The van der Waals surface area contributed by atoms with Gasteiger partial charge in [0.1, 0.15) is 0 Å². The fraction of sp³-hybridized carbons (Fsp3) is 1.00. The molecule has 0 amide bonds. The van der Waals surface area contributed by atoms with E-state index in [-0.39, 0.29) is 0 Å². The van der Waals surface area contributed by atoms with E-state index in [4.69, 9.17) is 10.5 Å². The van der Waals surface area contributed by atoms with E-state index in [1.807, 2.05) is 0 Å². The Morgan fingerprint density at radius 2 is 2.27 bits per heavy atom. The second kappa shape index (κ2) is 5.28. The third-order valence-corrected chi connectivity index (χ3v) is 3.76. The minimum absolute atomic E-state index is 0.423. The van der Waals surface area contributed by atoms with Gasteiger partial charge in [0.2, 0.25) is 0 Å². The predicted octanol–water partition coefficient (Wildman–Crippen LogP) is 1.22. The van der Waals surface area contributed by atoms with E-state index in [9.17, 15) is 0 Å². The molecule has 2 saturated heterocycles. The van der Waals surface area contributed by atoms with Crippen molar-refractivity contribution in [3.63, 3.8) is 0 Å². The monoisotopic (exact) mass is 212 g/mol. The summed E-state index contributed by atoms with van der Waals surface area (Å²) in [5, 5.41) is 0. The number of hydrogen-bond acceptors (Lipinski definition) is 3. The van der Waals surface area contributed by atoms with Crippen molar-refractivity contribution >= 4 is 0 Å². The Balaban J connectivity index is 1.74. The van der Waals surface area contributed by atoms with E-state index >= 15 is 0 Å². The minimum Gasteiger partial charge on any atom is -0.378 e. The van der Waals surface area contributed by atoms with E-state index in [0.717, 1.165) is 25.5 Å². The van der Waals surface area contributed by atoms with Gasteiger partial charge in [-0.3, -0.25) is 0 Å². The molecule has 0 radical (unpaired) electrons. The van der Waals surface area contributed by atoms with Gasteiger partial charge in [-0.15, -0.1) is 0 Å². The Labute approximate surface area is 93.0 Å². The molecular formula is C12H24N2O. The molecule has 3 nitrogen and oxygen atoms in total. The molecule has 2 fully saturated rings. The first-order valence-electron chi connectivity index (χ1n) is 6.37. The van der Waals surface area contributed by atoms with Gasteiger partial charge < -0.3 is 15.4 Å². The zero-order valence-electron chi connectivity index (χ0n) is 9.82. The summed E-state index contributed by atoms with van der Waals surface area (Å²) in [6, 6.07) is 0.423. The minimum atomic E-state index is 0.423. The molecule has 0 aliphatic carbocycles. The van der Waals surface area contributed by atoms with Gasteiger partial charge in [-0.25, -0.2) is 0 Å². The largest absolute Gasteiger partial charge is 0.378 e. The molecular weight excluding hydrogens is 188 g/mol. The molecule has 2 aliphatic heterocycles. The van der Waals surface area contributed by atoms with Gasteiger partial charge in [-0.1, -0.05) is 6.92 Å². The van der Waals surface area contributed by atoms with Crippen LogP contribution >= 0.6 is 0 Å². The predicted molar refractivity (Wildman–Crippen MR) is 61.8 cm³/mol. The summed E-state index contributed by atoms with van der Waals surface area (Å²) < 4.78 is 5.70. The van der Waals surface area contributed by atoms with Crippen molar-refractivity contribution in [1.82, 2.24) is 4.90 Å². The maximum Gasteiger partial charge on any atom is 0.0575 e. The van der Waals surface area contributed by atoms with Crippen LogP contribution in [0.15, 0.2) is 0 Å². The van der Waals surface area contributed by atoms with Crippen LogP contribution in [-0.2, 0) is 4.74 Å². The number of likely N-dealkylation sites (tertiary alicyclic amines) is 1. The molecule has 15 heavy (non-hydrogen) atoms. The van der Waals surface area contributed by atoms with E-state index in [1.165, 1.54) is 32.4 Å². The molecule has 2 heterocycles. The lowest BCUT2D eigenvalue weighted by molar-refractivity contribution is -0.0163. The summed E-state index contributed by atoms with van der Waals surface area (Å²) in [6.07, 6.45) is 5.35. The van der Waals surface area contributed by atoms with Gasteiger partial charge in [0, 0.05) is 25.7 Å². The van der Waals surface area contributed by atoms with Crippen molar-refractivity contribution in [2.45, 2.75) is 44.8 Å². The summed E-state index contributed by atoms with van der Waals surface area (Å²) >= 11 is 0. The van der Waals surface area contributed by atoms with Gasteiger partial charge in [0.25, 0.3) is 0 Å². The number of nitrogens with two attached hydrogens (primary N) is 1. The molecule has 3 atom stereocenters. The molecule has 2 unspecified atom stereocenters. The summed E-state index contributed by atoms with van der Waals surface area (Å²) in [7, 11) is 0. The zero-order valence-corrected chi connectivity index (χ0v) is 9.82. The van der Waals surface area contributed by atoms with Gasteiger partial charge in [0.15, 0.2) is 0 Å². The molecule has 88 valence electrons. The van der Waals surface area contributed by atoms with Crippen LogP contribution in [0.25, 0.3) is 0 Å². The van der Waals surface area contributed by atoms with Gasteiger partial charge >= 0.3 is 0 Å². The van der Waals surface area contributed by atoms with E-state index in [2.05, 4.69) is 11.8 Å². The van der Waals surface area contributed by atoms with Crippen molar-refractivity contribution in [3.05, 3.63) is 0 Å². The smallest absolute Gasteiger partial charge is 0.0575 e. The van der Waals surface area contributed by atoms with Crippen LogP contribution in [0, 0.1) is 5.92 Å². The Hall–Kier alpha value is -0.120. The van der Waals surface area contributed by atoms with Crippen LogP contribution in [-0.4, -0.2) is 43.3 Å². The SMILES string of the molecule is CCC1CC(CN2CC[C@@H](N)C2)CCO1. The van der Waals surface area contributed by atoms with Crippen molar-refractivity contribution < 1.29 is 4.74 Å². The number of ether oxygens (including phenoxy) is 1.